The van der Waals surface area contributed by atoms with E-state index in [9.17, 15) is 0 Å². The predicted octanol–water partition coefficient (Wildman–Crippen LogP) is 2.78. The minimum absolute atomic E-state index is 0.768. The van der Waals surface area contributed by atoms with Crippen molar-refractivity contribution in [3.63, 3.8) is 0 Å². The van der Waals surface area contributed by atoms with Gasteiger partial charge in [0, 0.05) is 22.9 Å². The first-order valence-electron chi connectivity index (χ1n) is 5.22. The lowest BCUT2D eigenvalue weighted by molar-refractivity contribution is 0.123. The van der Waals surface area contributed by atoms with Gasteiger partial charge in [-0.05, 0) is 25.1 Å². The van der Waals surface area contributed by atoms with Gasteiger partial charge in [-0.25, -0.2) is 0 Å². The highest BCUT2D eigenvalue weighted by atomic mass is 32.1. The number of ether oxygens (including phenoxy) is 1. The summed E-state index contributed by atoms with van der Waals surface area (Å²) in [5, 5.41) is 3.31. The van der Waals surface area contributed by atoms with Crippen molar-refractivity contribution in [3.05, 3.63) is 21.9 Å². The molecule has 3 heteroatoms. The molecule has 0 aliphatic rings. The van der Waals surface area contributed by atoms with Crippen molar-refractivity contribution in [2.75, 3.05) is 13.2 Å². The first kappa shape index (κ1) is 11.7. The van der Waals surface area contributed by atoms with Crippen LogP contribution in [-0.2, 0) is 17.9 Å². The monoisotopic (exact) mass is 213 g/mol. The van der Waals surface area contributed by atoms with Gasteiger partial charge >= 0.3 is 0 Å². The van der Waals surface area contributed by atoms with Crippen LogP contribution in [-0.4, -0.2) is 13.2 Å². The van der Waals surface area contributed by atoms with Gasteiger partial charge in [-0.2, -0.15) is 0 Å². The summed E-state index contributed by atoms with van der Waals surface area (Å²) in [5.41, 5.74) is 0. The third-order valence-corrected chi connectivity index (χ3v) is 2.92. The van der Waals surface area contributed by atoms with Crippen LogP contribution in [0.15, 0.2) is 12.1 Å². The molecule has 1 aromatic heterocycles. The zero-order chi connectivity index (χ0) is 10.2. The molecule has 0 aliphatic heterocycles. The molecule has 80 valence electrons. The second-order valence-electron chi connectivity index (χ2n) is 3.20. The molecule has 0 atom stereocenters. The number of hydrogen-bond acceptors (Lipinski definition) is 3. The molecule has 0 aromatic carbocycles. The SMILES string of the molecule is CCCOCc1ccc(CNCC)s1. The van der Waals surface area contributed by atoms with Crippen LogP contribution in [0.2, 0.25) is 0 Å². The highest BCUT2D eigenvalue weighted by Gasteiger charge is 1.99. The molecule has 1 rings (SSSR count). The van der Waals surface area contributed by atoms with Gasteiger partial charge in [0.2, 0.25) is 0 Å². The maximum Gasteiger partial charge on any atom is 0.0809 e. The Labute approximate surface area is 90.3 Å². The fourth-order valence-electron chi connectivity index (χ4n) is 1.16. The minimum Gasteiger partial charge on any atom is -0.376 e. The molecule has 0 saturated carbocycles. The van der Waals surface area contributed by atoms with Crippen molar-refractivity contribution >= 4 is 11.3 Å². The van der Waals surface area contributed by atoms with E-state index in [-0.39, 0.29) is 0 Å². The average molecular weight is 213 g/mol. The van der Waals surface area contributed by atoms with Crippen LogP contribution in [0.25, 0.3) is 0 Å². The summed E-state index contributed by atoms with van der Waals surface area (Å²) in [6.45, 7) is 7.89. The first-order valence-corrected chi connectivity index (χ1v) is 6.04. The van der Waals surface area contributed by atoms with E-state index in [1.54, 1.807) is 0 Å². The third kappa shape index (κ3) is 4.22. The molecule has 0 radical (unpaired) electrons. The fourth-order valence-corrected chi connectivity index (χ4v) is 2.09. The summed E-state index contributed by atoms with van der Waals surface area (Å²) in [6.07, 6.45) is 1.09. The van der Waals surface area contributed by atoms with E-state index in [4.69, 9.17) is 4.74 Å². The molecule has 0 aliphatic carbocycles. The second-order valence-corrected chi connectivity index (χ2v) is 4.45. The van der Waals surface area contributed by atoms with Crippen LogP contribution in [0.4, 0.5) is 0 Å². The van der Waals surface area contributed by atoms with Gasteiger partial charge in [-0.1, -0.05) is 13.8 Å². The van der Waals surface area contributed by atoms with Crippen LogP contribution in [0.5, 0.6) is 0 Å². The highest BCUT2D eigenvalue weighted by Crippen LogP contribution is 2.17. The van der Waals surface area contributed by atoms with Gasteiger partial charge in [-0.3, -0.25) is 0 Å². The van der Waals surface area contributed by atoms with Crippen molar-refractivity contribution in [2.45, 2.75) is 33.4 Å². The molecule has 0 amide bonds. The molecule has 0 bridgehead atoms. The van der Waals surface area contributed by atoms with Gasteiger partial charge in [-0.15, -0.1) is 11.3 Å². The van der Waals surface area contributed by atoms with E-state index in [2.05, 4.69) is 31.3 Å². The van der Waals surface area contributed by atoms with E-state index in [0.717, 1.165) is 32.7 Å². The lowest BCUT2D eigenvalue weighted by Crippen LogP contribution is -2.10. The Bertz CT molecular complexity index is 247. The minimum atomic E-state index is 0.768. The van der Waals surface area contributed by atoms with Crippen LogP contribution in [0.1, 0.15) is 30.0 Å². The van der Waals surface area contributed by atoms with Crippen LogP contribution >= 0.6 is 11.3 Å². The number of rotatable bonds is 7. The highest BCUT2D eigenvalue weighted by molar-refractivity contribution is 7.11. The Morgan fingerprint density at radius 2 is 2.07 bits per heavy atom. The van der Waals surface area contributed by atoms with Gasteiger partial charge < -0.3 is 10.1 Å². The Morgan fingerprint density at radius 3 is 2.79 bits per heavy atom. The van der Waals surface area contributed by atoms with E-state index in [1.807, 2.05) is 11.3 Å². The Kier molecular flexibility index (Phi) is 5.83. The van der Waals surface area contributed by atoms with Gasteiger partial charge in [0.25, 0.3) is 0 Å². The molecule has 0 spiro atoms. The topological polar surface area (TPSA) is 21.3 Å². The summed E-state index contributed by atoms with van der Waals surface area (Å²) in [5.74, 6) is 0. The maximum absolute atomic E-state index is 5.48. The number of nitrogens with one attached hydrogen (secondary N) is 1. The predicted molar refractivity (Wildman–Crippen MR) is 61.6 cm³/mol. The van der Waals surface area contributed by atoms with Crippen molar-refractivity contribution in [3.8, 4) is 0 Å². The maximum atomic E-state index is 5.48. The lowest BCUT2D eigenvalue weighted by atomic mass is 10.4. The van der Waals surface area contributed by atoms with E-state index in [1.165, 1.54) is 9.75 Å². The van der Waals surface area contributed by atoms with Crippen molar-refractivity contribution < 1.29 is 4.74 Å². The second kappa shape index (κ2) is 6.98. The fraction of sp³-hybridized carbons (Fsp3) is 0.636. The Balaban J connectivity index is 2.27. The molecular formula is C11H19NOS. The molecule has 2 nitrogen and oxygen atoms in total. The van der Waals surface area contributed by atoms with Crippen LogP contribution in [0, 0.1) is 0 Å². The molecular weight excluding hydrogens is 194 g/mol. The zero-order valence-electron chi connectivity index (χ0n) is 9.01. The van der Waals surface area contributed by atoms with E-state index in [0.29, 0.717) is 0 Å². The molecule has 0 saturated heterocycles. The van der Waals surface area contributed by atoms with Crippen molar-refractivity contribution in [2.24, 2.45) is 0 Å². The quantitative estimate of drug-likeness (QED) is 0.703. The normalized spacial score (nSPS) is 10.7. The molecule has 14 heavy (non-hydrogen) atoms. The lowest BCUT2D eigenvalue weighted by Gasteiger charge is -1.99. The van der Waals surface area contributed by atoms with Gasteiger partial charge in [0.15, 0.2) is 0 Å². The smallest absolute Gasteiger partial charge is 0.0809 e. The molecule has 0 unspecified atom stereocenters. The average Bonchev–Trinajstić information content (AvgIpc) is 2.63. The standard InChI is InChI=1S/C11H19NOS/c1-3-7-13-9-11-6-5-10(14-11)8-12-4-2/h5-6,12H,3-4,7-9H2,1-2H3. The van der Waals surface area contributed by atoms with Crippen LogP contribution < -0.4 is 5.32 Å². The zero-order valence-corrected chi connectivity index (χ0v) is 9.82. The Morgan fingerprint density at radius 1 is 1.29 bits per heavy atom. The van der Waals surface area contributed by atoms with Crippen molar-refractivity contribution in [1.29, 1.82) is 0 Å². The summed E-state index contributed by atoms with van der Waals surface area (Å²) >= 11 is 1.84. The van der Waals surface area contributed by atoms with Gasteiger partial charge in [0.1, 0.15) is 0 Å². The van der Waals surface area contributed by atoms with Gasteiger partial charge in [0.05, 0.1) is 6.61 Å². The largest absolute Gasteiger partial charge is 0.376 e. The Hall–Kier alpha value is -0.380. The summed E-state index contributed by atoms with van der Waals surface area (Å²) < 4.78 is 5.48. The number of hydrogen-bond donors (Lipinski definition) is 1. The first-order chi connectivity index (χ1) is 6.86. The molecule has 1 N–H and O–H groups in total. The molecule has 1 aromatic rings. The number of thiophene rings is 1. The summed E-state index contributed by atoms with van der Waals surface area (Å²) in [6, 6.07) is 4.34. The summed E-state index contributed by atoms with van der Waals surface area (Å²) in [4.78, 5) is 2.72. The van der Waals surface area contributed by atoms with Crippen LogP contribution in [0.3, 0.4) is 0 Å². The van der Waals surface area contributed by atoms with E-state index < -0.39 is 0 Å². The van der Waals surface area contributed by atoms with Crippen molar-refractivity contribution in [1.82, 2.24) is 5.32 Å². The summed E-state index contributed by atoms with van der Waals surface area (Å²) in [7, 11) is 0. The molecule has 1 heterocycles. The van der Waals surface area contributed by atoms with E-state index >= 15 is 0 Å². The molecule has 0 fully saturated rings. The third-order valence-electron chi connectivity index (χ3n) is 1.86.